The van der Waals surface area contributed by atoms with Crippen LogP contribution in [0.2, 0.25) is 0 Å². The monoisotopic (exact) mass is 370 g/mol. The van der Waals surface area contributed by atoms with E-state index in [4.69, 9.17) is 9.47 Å². The van der Waals surface area contributed by atoms with Crippen LogP contribution in [0.5, 0.6) is 0 Å². The molecule has 1 heterocycles. The van der Waals surface area contributed by atoms with Gasteiger partial charge in [-0.05, 0) is 39.7 Å². The molecule has 1 aliphatic rings. The van der Waals surface area contributed by atoms with Crippen molar-refractivity contribution in [2.24, 2.45) is 0 Å². The molecule has 0 spiro atoms. The van der Waals surface area contributed by atoms with E-state index < -0.39 is 0 Å². The van der Waals surface area contributed by atoms with Crippen molar-refractivity contribution in [3.63, 3.8) is 0 Å². The fraction of sp³-hybridized carbons (Fsp3) is 0.842. The second-order valence-electron chi connectivity index (χ2n) is 6.50. The molecule has 0 saturated carbocycles. The van der Waals surface area contributed by atoms with Crippen LogP contribution in [0.4, 0.5) is 0 Å². The molecule has 0 radical (unpaired) electrons. The van der Waals surface area contributed by atoms with Crippen LogP contribution >= 0.6 is 0 Å². The molecule has 7 nitrogen and oxygen atoms in total. The lowest BCUT2D eigenvalue weighted by Crippen LogP contribution is -2.35. The van der Waals surface area contributed by atoms with E-state index in [1.807, 2.05) is 4.90 Å². The predicted molar refractivity (Wildman–Crippen MR) is 98.6 cm³/mol. The first kappa shape index (κ1) is 22.4. The Bertz CT molecular complexity index is 420. The number of rotatable bonds is 12. The third-order valence-corrected chi connectivity index (χ3v) is 4.45. The Morgan fingerprint density at radius 1 is 0.962 bits per heavy atom. The molecule has 0 N–H and O–H groups in total. The van der Waals surface area contributed by atoms with E-state index in [1.165, 1.54) is 0 Å². The zero-order chi connectivity index (χ0) is 19.2. The summed E-state index contributed by atoms with van der Waals surface area (Å²) in [6.45, 7) is 7.72. The van der Waals surface area contributed by atoms with Crippen molar-refractivity contribution in [2.45, 2.75) is 58.8 Å². The van der Waals surface area contributed by atoms with Crippen LogP contribution in [0.15, 0.2) is 0 Å². The van der Waals surface area contributed by atoms with Gasteiger partial charge in [0.2, 0.25) is 5.91 Å². The molecule has 150 valence electrons. The van der Waals surface area contributed by atoms with Crippen LogP contribution in [0.3, 0.4) is 0 Å². The van der Waals surface area contributed by atoms with Crippen molar-refractivity contribution in [2.75, 3.05) is 45.9 Å². The maximum atomic E-state index is 12.1. The van der Waals surface area contributed by atoms with E-state index in [-0.39, 0.29) is 17.8 Å². The number of likely N-dealkylation sites (tertiary alicyclic amines) is 1. The van der Waals surface area contributed by atoms with Gasteiger partial charge in [-0.25, -0.2) is 0 Å². The third-order valence-electron chi connectivity index (χ3n) is 4.45. The molecular formula is C19H34N2O5. The summed E-state index contributed by atoms with van der Waals surface area (Å²) in [6, 6.07) is 0. The summed E-state index contributed by atoms with van der Waals surface area (Å²) in [5, 5.41) is 0. The Balaban J connectivity index is 2.41. The molecule has 26 heavy (non-hydrogen) atoms. The Hall–Kier alpha value is -1.63. The minimum absolute atomic E-state index is 0.226. The van der Waals surface area contributed by atoms with Crippen molar-refractivity contribution in [3.8, 4) is 0 Å². The van der Waals surface area contributed by atoms with Crippen molar-refractivity contribution >= 4 is 17.8 Å². The number of carbonyl (C=O) groups is 3. The molecule has 1 fully saturated rings. The summed E-state index contributed by atoms with van der Waals surface area (Å²) in [5.41, 5.74) is 0. The molecule has 0 bridgehead atoms. The number of esters is 2. The second kappa shape index (κ2) is 13.6. The van der Waals surface area contributed by atoms with Gasteiger partial charge in [-0.2, -0.15) is 0 Å². The largest absolute Gasteiger partial charge is 0.466 e. The normalized spacial score (nSPS) is 15.0. The second-order valence-corrected chi connectivity index (χ2v) is 6.50. The molecule has 0 aliphatic carbocycles. The van der Waals surface area contributed by atoms with Crippen LogP contribution < -0.4 is 0 Å². The van der Waals surface area contributed by atoms with Crippen molar-refractivity contribution < 1.29 is 23.9 Å². The van der Waals surface area contributed by atoms with Crippen LogP contribution in [0.1, 0.15) is 58.8 Å². The first-order chi connectivity index (χ1) is 12.6. The molecule has 0 atom stereocenters. The highest BCUT2D eigenvalue weighted by molar-refractivity contribution is 5.76. The highest BCUT2D eigenvalue weighted by Gasteiger charge is 2.17. The van der Waals surface area contributed by atoms with Gasteiger partial charge in [0.25, 0.3) is 0 Å². The minimum Gasteiger partial charge on any atom is -0.466 e. The van der Waals surface area contributed by atoms with E-state index in [0.29, 0.717) is 45.6 Å². The fourth-order valence-electron chi connectivity index (χ4n) is 3.06. The SMILES string of the molecule is CCOC(=O)CCN(CCCN1CCCCCC1=O)CCC(=O)OCC. The minimum atomic E-state index is -0.226. The van der Waals surface area contributed by atoms with Crippen molar-refractivity contribution in [1.82, 2.24) is 9.80 Å². The van der Waals surface area contributed by atoms with Crippen molar-refractivity contribution in [3.05, 3.63) is 0 Å². The smallest absolute Gasteiger partial charge is 0.307 e. The summed E-state index contributed by atoms with van der Waals surface area (Å²) in [6.07, 6.45) is 5.26. The zero-order valence-electron chi connectivity index (χ0n) is 16.3. The Labute approximate surface area is 157 Å². The van der Waals surface area contributed by atoms with Gasteiger partial charge >= 0.3 is 11.9 Å². The van der Waals surface area contributed by atoms with Gasteiger partial charge in [-0.3, -0.25) is 14.4 Å². The van der Waals surface area contributed by atoms with Crippen LogP contribution in [0, 0.1) is 0 Å². The summed E-state index contributed by atoms with van der Waals surface area (Å²) in [7, 11) is 0. The summed E-state index contributed by atoms with van der Waals surface area (Å²) in [5.74, 6) is -0.209. The molecule has 1 amide bonds. The lowest BCUT2D eigenvalue weighted by atomic mass is 10.2. The topological polar surface area (TPSA) is 76.2 Å². The molecule has 0 aromatic carbocycles. The molecule has 7 heteroatoms. The number of amides is 1. The average molecular weight is 370 g/mol. The van der Waals surface area contributed by atoms with E-state index in [0.717, 1.165) is 45.3 Å². The van der Waals surface area contributed by atoms with Gasteiger partial charge in [-0.15, -0.1) is 0 Å². The average Bonchev–Trinajstić information content (AvgIpc) is 2.82. The van der Waals surface area contributed by atoms with E-state index in [9.17, 15) is 14.4 Å². The molecule has 1 aliphatic heterocycles. The van der Waals surface area contributed by atoms with Gasteiger partial charge in [0.15, 0.2) is 0 Å². The molecule has 1 rings (SSSR count). The van der Waals surface area contributed by atoms with Crippen LogP contribution in [0.25, 0.3) is 0 Å². The number of ether oxygens (including phenoxy) is 2. The number of hydrogen-bond donors (Lipinski definition) is 0. The van der Waals surface area contributed by atoms with Gasteiger partial charge in [0.05, 0.1) is 26.1 Å². The Morgan fingerprint density at radius 2 is 1.58 bits per heavy atom. The molecule has 0 aromatic heterocycles. The summed E-state index contributed by atoms with van der Waals surface area (Å²) in [4.78, 5) is 39.3. The maximum absolute atomic E-state index is 12.1. The van der Waals surface area contributed by atoms with E-state index in [1.54, 1.807) is 13.8 Å². The first-order valence-electron chi connectivity index (χ1n) is 9.88. The third kappa shape index (κ3) is 9.75. The quantitative estimate of drug-likeness (QED) is 0.489. The van der Waals surface area contributed by atoms with Crippen LogP contribution in [-0.4, -0.2) is 73.6 Å². The lowest BCUT2D eigenvalue weighted by molar-refractivity contribution is -0.143. The van der Waals surface area contributed by atoms with Gasteiger partial charge in [-0.1, -0.05) is 6.42 Å². The number of carbonyl (C=O) groups excluding carboxylic acids is 3. The maximum Gasteiger partial charge on any atom is 0.307 e. The predicted octanol–water partition coefficient (Wildman–Crippen LogP) is 1.99. The van der Waals surface area contributed by atoms with Crippen LogP contribution in [-0.2, 0) is 23.9 Å². The highest BCUT2D eigenvalue weighted by atomic mass is 16.5. The zero-order valence-corrected chi connectivity index (χ0v) is 16.3. The standard InChI is InChI=1S/C19H34N2O5/c1-3-25-18(23)10-15-20(16-11-19(24)26-4-2)12-8-14-21-13-7-5-6-9-17(21)22/h3-16H2,1-2H3. The van der Waals surface area contributed by atoms with Gasteiger partial charge in [0.1, 0.15) is 0 Å². The van der Waals surface area contributed by atoms with E-state index >= 15 is 0 Å². The fourth-order valence-corrected chi connectivity index (χ4v) is 3.06. The molecular weight excluding hydrogens is 336 g/mol. The Morgan fingerprint density at radius 3 is 2.15 bits per heavy atom. The summed E-state index contributed by atoms with van der Waals surface area (Å²) >= 11 is 0. The molecule has 1 saturated heterocycles. The Kier molecular flexibility index (Phi) is 11.7. The summed E-state index contributed by atoms with van der Waals surface area (Å²) < 4.78 is 9.95. The van der Waals surface area contributed by atoms with Gasteiger partial charge < -0.3 is 19.3 Å². The molecule has 0 aromatic rings. The highest BCUT2D eigenvalue weighted by Crippen LogP contribution is 2.11. The number of hydrogen-bond acceptors (Lipinski definition) is 6. The first-order valence-corrected chi connectivity index (χ1v) is 9.88. The van der Waals surface area contributed by atoms with Gasteiger partial charge in [0, 0.05) is 32.6 Å². The molecule has 0 unspecified atom stereocenters. The number of nitrogens with zero attached hydrogens (tertiary/aromatic N) is 2. The lowest BCUT2D eigenvalue weighted by Gasteiger charge is -2.25. The van der Waals surface area contributed by atoms with Crippen molar-refractivity contribution in [1.29, 1.82) is 0 Å². The van der Waals surface area contributed by atoms with E-state index in [2.05, 4.69) is 4.90 Å².